The Morgan fingerprint density at radius 2 is 1.78 bits per heavy atom. The van der Waals surface area contributed by atoms with Gasteiger partial charge in [-0.15, -0.1) is 0 Å². The number of esters is 1. The summed E-state index contributed by atoms with van der Waals surface area (Å²) >= 11 is 0. The maximum Gasteiger partial charge on any atom is 0.408 e. The number of carbonyl (C=O) groups excluding carboxylic acids is 2. The van der Waals surface area contributed by atoms with Gasteiger partial charge in [0.25, 0.3) is 5.88 Å². The zero-order valence-electron chi connectivity index (χ0n) is 20.7. The molecule has 1 aliphatic rings. The highest BCUT2D eigenvalue weighted by Crippen LogP contribution is 2.36. The van der Waals surface area contributed by atoms with E-state index in [2.05, 4.69) is 16.5 Å². The summed E-state index contributed by atoms with van der Waals surface area (Å²) in [5, 5.41) is 6.79. The van der Waals surface area contributed by atoms with Crippen LogP contribution in [0.2, 0.25) is 0 Å². The molecule has 1 aromatic heterocycles. The van der Waals surface area contributed by atoms with Crippen molar-refractivity contribution in [3.63, 3.8) is 0 Å². The summed E-state index contributed by atoms with van der Waals surface area (Å²) in [7, 11) is 0. The number of alkyl carbamates (subject to hydrolysis) is 1. The van der Waals surface area contributed by atoms with Gasteiger partial charge in [0.1, 0.15) is 23.0 Å². The number of nitrogens with zero attached hydrogens (tertiary/aromatic N) is 1. The Morgan fingerprint density at radius 1 is 1.12 bits per heavy atom. The van der Waals surface area contributed by atoms with Crippen LogP contribution < -0.4 is 10.1 Å². The van der Waals surface area contributed by atoms with Crippen LogP contribution in [0, 0.1) is 0 Å². The molecule has 180 valence electrons. The summed E-state index contributed by atoms with van der Waals surface area (Å²) in [6, 6.07) is -0.856. The van der Waals surface area contributed by atoms with Crippen LogP contribution in [0.3, 0.4) is 0 Å². The molecule has 0 spiro atoms. The van der Waals surface area contributed by atoms with Crippen LogP contribution in [-0.2, 0) is 20.7 Å². The van der Waals surface area contributed by atoms with E-state index in [1.54, 1.807) is 41.5 Å². The minimum Gasteiger partial charge on any atom is -0.472 e. The number of hydrogen-bond acceptors (Lipinski definition) is 7. The Bertz CT molecular complexity index is 827. The molecule has 0 bridgehead atoms. The number of nitrogens with one attached hydrogen (secondary N) is 1. The molecule has 8 nitrogen and oxygen atoms in total. The molecule has 0 aliphatic heterocycles. The Balaban J connectivity index is 2.21. The fraction of sp³-hybridized carbons (Fsp3) is 0.708. The highest BCUT2D eigenvalue weighted by molar-refractivity contribution is 5.82. The molecule has 1 atom stereocenters. The summed E-state index contributed by atoms with van der Waals surface area (Å²) in [6.07, 6.45) is 4.89. The van der Waals surface area contributed by atoms with Gasteiger partial charge in [-0.1, -0.05) is 6.08 Å². The quantitative estimate of drug-likeness (QED) is 0.570. The van der Waals surface area contributed by atoms with Crippen LogP contribution in [-0.4, -0.2) is 40.6 Å². The standard InChI is InChI=1S/C24H38N2O6/c1-15(2)29-20-19-16(11-9-10-12-18(19)32-26-20)13-14-17(21(27)30-23(3,4)5)25-22(28)31-24(6,7)8/h11,15,17H,9-10,12-14H2,1-8H3,(H,25,28)/t17-/m0/s1. The maximum absolute atomic E-state index is 12.8. The molecule has 2 rings (SSSR count). The zero-order chi connectivity index (χ0) is 24.1. The highest BCUT2D eigenvalue weighted by atomic mass is 16.6. The van der Waals surface area contributed by atoms with Crippen molar-refractivity contribution in [2.75, 3.05) is 0 Å². The summed E-state index contributed by atoms with van der Waals surface area (Å²) in [5.41, 5.74) is 0.504. The Morgan fingerprint density at radius 3 is 2.38 bits per heavy atom. The van der Waals surface area contributed by atoms with Gasteiger partial charge in [-0.05, 0) is 91.8 Å². The molecule has 1 aromatic rings. The van der Waals surface area contributed by atoms with Crippen molar-refractivity contribution < 1.29 is 28.3 Å². The molecule has 0 fully saturated rings. The molecule has 8 heteroatoms. The predicted molar refractivity (Wildman–Crippen MR) is 121 cm³/mol. The largest absolute Gasteiger partial charge is 0.472 e. The molecular weight excluding hydrogens is 412 g/mol. The number of ether oxygens (including phenoxy) is 3. The van der Waals surface area contributed by atoms with Crippen LogP contribution in [0.5, 0.6) is 5.88 Å². The van der Waals surface area contributed by atoms with Gasteiger partial charge in [0.15, 0.2) is 0 Å². The number of allylic oxidation sites excluding steroid dienone is 2. The lowest BCUT2D eigenvalue weighted by Crippen LogP contribution is -2.46. The van der Waals surface area contributed by atoms with E-state index in [4.69, 9.17) is 18.7 Å². The molecule has 0 radical (unpaired) electrons. The van der Waals surface area contributed by atoms with Gasteiger partial charge in [-0.25, -0.2) is 9.59 Å². The molecular formula is C24H38N2O6. The van der Waals surface area contributed by atoms with E-state index >= 15 is 0 Å². The van der Waals surface area contributed by atoms with Crippen molar-refractivity contribution in [3.05, 3.63) is 17.4 Å². The number of hydrogen-bond donors (Lipinski definition) is 1. The van der Waals surface area contributed by atoms with E-state index in [-0.39, 0.29) is 6.10 Å². The van der Waals surface area contributed by atoms with Crippen molar-refractivity contribution in [2.24, 2.45) is 0 Å². The third-order valence-corrected chi connectivity index (χ3v) is 4.48. The Kier molecular flexibility index (Phi) is 8.37. The monoisotopic (exact) mass is 450 g/mol. The van der Waals surface area contributed by atoms with Gasteiger partial charge in [-0.2, -0.15) is 0 Å². The first-order chi connectivity index (χ1) is 14.7. The van der Waals surface area contributed by atoms with Crippen molar-refractivity contribution >= 4 is 17.6 Å². The third-order valence-electron chi connectivity index (χ3n) is 4.48. The minimum atomic E-state index is -0.856. The number of amides is 1. The fourth-order valence-electron chi connectivity index (χ4n) is 3.34. The molecule has 1 heterocycles. The van der Waals surface area contributed by atoms with Crippen LogP contribution in [0.4, 0.5) is 4.79 Å². The van der Waals surface area contributed by atoms with E-state index in [0.717, 1.165) is 36.2 Å². The second-order valence-corrected chi connectivity index (χ2v) is 10.3. The number of aryl methyl sites for hydroxylation is 1. The average Bonchev–Trinajstić information content (AvgIpc) is 2.87. The molecule has 0 unspecified atom stereocenters. The molecule has 1 N–H and O–H groups in total. The number of fused-ring (bicyclic) bond motifs is 1. The summed E-state index contributed by atoms with van der Waals surface area (Å²) in [6.45, 7) is 14.6. The number of carbonyl (C=O) groups is 2. The van der Waals surface area contributed by atoms with Crippen molar-refractivity contribution in [2.45, 2.75) is 111 Å². The first-order valence-electron chi connectivity index (χ1n) is 11.3. The zero-order valence-corrected chi connectivity index (χ0v) is 20.7. The van der Waals surface area contributed by atoms with Crippen LogP contribution in [0.1, 0.15) is 92.4 Å². The lowest BCUT2D eigenvalue weighted by Gasteiger charge is -2.26. The topological polar surface area (TPSA) is 99.9 Å². The molecule has 1 amide bonds. The van der Waals surface area contributed by atoms with E-state index in [0.29, 0.717) is 18.7 Å². The maximum atomic E-state index is 12.8. The SMILES string of the molecule is CC(C)Oc1noc2c1C(CC[C@H](NC(=O)OC(C)(C)C)C(=O)OC(C)(C)C)=CCCC2. The van der Waals surface area contributed by atoms with E-state index < -0.39 is 29.3 Å². The minimum absolute atomic E-state index is 0.0444. The fourth-order valence-corrected chi connectivity index (χ4v) is 3.34. The predicted octanol–water partition coefficient (Wildman–Crippen LogP) is 5.20. The van der Waals surface area contributed by atoms with Crippen LogP contribution in [0.15, 0.2) is 10.6 Å². The highest BCUT2D eigenvalue weighted by Gasteiger charge is 2.30. The molecule has 1 aliphatic carbocycles. The lowest BCUT2D eigenvalue weighted by atomic mass is 9.98. The van der Waals surface area contributed by atoms with Crippen molar-refractivity contribution in [3.8, 4) is 5.88 Å². The summed E-state index contributed by atoms with van der Waals surface area (Å²) < 4.78 is 22.3. The Labute approximate surface area is 191 Å². The van der Waals surface area contributed by atoms with Crippen LogP contribution in [0.25, 0.3) is 5.57 Å². The molecule has 0 saturated heterocycles. The van der Waals surface area contributed by atoms with Gasteiger partial charge in [0.05, 0.1) is 11.7 Å². The Hall–Kier alpha value is -2.51. The molecule has 0 aromatic carbocycles. The third kappa shape index (κ3) is 8.20. The first kappa shape index (κ1) is 25.7. The van der Waals surface area contributed by atoms with E-state index in [9.17, 15) is 9.59 Å². The van der Waals surface area contributed by atoms with Gasteiger partial charge in [0.2, 0.25) is 0 Å². The summed E-state index contributed by atoms with van der Waals surface area (Å²) in [4.78, 5) is 25.2. The van der Waals surface area contributed by atoms with E-state index in [1.165, 1.54) is 0 Å². The smallest absolute Gasteiger partial charge is 0.408 e. The van der Waals surface area contributed by atoms with Gasteiger partial charge in [0, 0.05) is 6.42 Å². The average molecular weight is 451 g/mol. The lowest BCUT2D eigenvalue weighted by molar-refractivity contribution is -0.157. The van der Waals surface area contributed by atoms with Crippen molar-refractivity contribution in [1.29, 1.82) is 0 Å². The number of aromatic nitrogens is 1. The molecule has 32 heavy (non-hydrogen) atoms. The van der Waals surface area contributed by atoms with Gasteiger partial charge in [-0.3, -0.25) is 0 Å². The van der Waals surface area contributed by atoms with E-state index in [1.807, 2.05) is 13.8 Å². The number of rotatable bonds is 7. The second-order valence-electron chi connectivity index (χ2n) is 10.3. The van der Waals surface area contributed by atoms with Crippen LogP contribution >= 0.6 is 0 Å². The first-order valence-corrected chi connectivity index (χ1v) is 11.3. The van der Waals surface area contributed by atoms with Crippen molar-refractivity contribution in [1.82, 2.24) is 10.5 Å². The van der Waals surface area contributed by atoms with Gasteiger partial charge < -0.3 is 24.1 Å². The normalized spacial score (nSPS) is 15.3. The molecule has 0 saturated carbocycles. The second kappa shape index (κ2) is 10.4. The summed E-state index contributed by atoms with van der Waals surface area (Å²) in [5.74, 6) is 0.761. The van der Waals surface area contributed by atoms with Gasteiger partial charge >= 0.3 is 12.1 Å².